The van der Waals surface area contributed by atoms with Crippen LogP contribution in [0.4, 0.5) is 0 Å². The van der Waals surface area contributed by atoms with Crippen molar-refractivity contribution in [1.29, 1.82) is 0 Å². The molecule has 0 saturated heterocycles. The van der Waals surface area contributed by atoms with E-state index in [1.54, 1.807) is 0 Å². The lowest BCUT2D eigenvalue weighted by Crippen LogP contribution is -2.42. The summed E-state index contributed by atoms with van der Waals surface area (Å²) in [4.78, 5) is 11.3. The molecule has 0 atom stereocenters. The highest BCUT2D eigenvalue weighted by Gasteiger charge is 2.56. The van der Waals surface area contributed by atoms with Crippen LogP contribution in [0, 0.1) is 11.3 Å². The Hall–Kier alpha value is -0.570. The predicted octanol–water partition coefficient (Wildman–Crippen LogP) is 0.557. The highest BCUT2D eigenvalue weighted by atomic mass is 16.2. The number of amides is 1. The molecule has 11 heavy (non-hydrogen) atoms. The second-order valence-electron chi connectivity index (χ2n) is 3.76. The number of carbonyl (C=O) groups is 1. The number of hydrogen-bond acceptors (Lipinski definition) is 2. The summed E-state index contributed by atoms with van der Waals surface area (Å²) >= 11 is 0. The van der Waals surface area contributed by atoms with Gasteiger partial charge >= 0.3 is 0 Å². The molecule has 0 radical (unpaired) electrons. The minimum Gasteiger partial charge on any atom is -0.294 e. The first-order valence-corrected chi connectivity index (χ1v) is 4.31. The van der Waals surface area contributed by atoms with E-state index in [9.17, 15) is 4.79 Å². The molecule has 3 heteroatoms. The Bertz CT molecular complexity index is 183. The Kier molecular flexibility index (Phi) is 1.42. The first kappa shape index (κ1) is 7.10. The van der Waals surface area contributed by atoms with Crippen LogP contribution < -0.4 is 11.3 Å². The van der Waals surface area contributed by atoms with Crippen LogP contribution in [0.5, 0.6) is 0 Å². The van der Waals surface area contributed by atoms with Gasteiger partial charge in [-0.25, -0.2) is 5.84 Å². The molecule has 0 bridgehead atoms. The van der Waals surface area contributed by atoms with E-state index in [4.69, 9.17) is 5.84 Å². The quantitative estimate of drug-likeness (QED) is 0.347. The van der Waals surface area contributed by atoms with Gasteiger partial charge in [-0.3, -0.25) is 10.2 Å². The molecule has 2 saturated carbocycles. The molecule has 2 fully saturated rings. The lowest BCUT2D eigenvalue weighted by Gasteiger charge is -2.32. The van der Waals surface area contributed by atoms with Crippen LogP contribution in [-0.2, 0) is 4.79 Å². The smallest absolute Gasteiger partial charge is 0.240 e. The number of hydrogen-bond donors (Lipinski definition) is 2. The summed E-state index contributed by atoms with van der Waals surface area (Å²) in [5, 5.41) is 0. The van der Waals surface area contributed by atoms with E-state index in [0.29, 0.717) is 5.92 Å². The number of carbonyl (C=O) groups excluding carboxylic acids is 1. The first-order valence-electron chi connectivity index (χ1n) is 4.31. The first-order chi connectivity index (χ1) is 5.29. The van der Waals surface area contributed by atoms with E-state index < -0.39 is 0 Å². The van der Waals surface area contributed by atoms with Gasteiger partial charge in [-0.1, -0.05) is 6.42 Å². The highest BCUT2D eigenvalue weighted by molar-refractivity contribution is 5.85. The second-order valence-corrected chi connectivity index (χ2v) is 3.76. The van der Waals surface area contributed by atoms with E-state index in [-0.39, 0.29) is 11.3 Å². The van der Waals surface area contributed by atoms with Crippen LogP contribution in [0.15, 0.2) is 0 Å². The van der Waals surface area contributed by atoms with Crippen molar-refractivity contribution in [2.45, 2.75) is 32.1 Å². The van der Waals surface area contributed by atoms with Gasteiger partial charge in [0, 0.05) is 0 Å². The van der Waals surface area contributed by atoms with Gasteiger partial charge in [0.25, 0.3) is 0 Å². The minimum absolute atomic E-state index is 0.0208. The average molecular weight is 154 g/mol. The molecular formula is C8H14N2O. The fraction of sp³-hybridized carbons (Fsp3) is 0.875. The van der Waals surface area contributed by atoms with Crippen molar-refractivity contribution in [3.63, 3.8) is 0 Å². The summed E-state index contributed by atoms with van der Waals surface area (Å²) in [6, 6.07) is 0. The second kappa shape index (κ2) is 2.21. The standard InChI is InChI=1S/C8H14N2O/c9-10-7(11)8(4-5-8)6-2-1-3-6/h6H,1-5,9H2,(H,10,11). The normalized spacial score (nSPS) is 27.4. The van der Waals surface area contributed by atoms with Crippen LogP contribution in [0.25, 0.3) is 0 Å². The summed E-state index contributed by atoms with van der Waals surface area (Å²) < 4.78 is 0. The third kappa shape index (κ3) is 0.872. The summed E-state index contributed by atoms with van der Waals surface area (Å²) in [5.41, 5.74) is 2.26. The monoisotopic (exact) mass is 154 g/mol. The van der Waals surface area contributed by atoms with Gasteiger partial charge < -0.3 is 0 Å². The van der Waals surface area contributed by atoms with E-state index >= 15 is 0 Å². The number of nitrogens with one attached hydrogen (secondary N) is 1. The van der Waals surface area contributed by atoms with Crippen molar-refractivity contribution >= 4 is 5.91 Å². The molecule has 0 aromatic carbocycles. The van der Waals surface area contributed by atoms with Crippen molar-refractivity contribution in [2.24, 2.45) is 17.2 Å². The zero-order valence-electron chi connectivity index (χ0n) is 6.60. The van der Waals surface area contributed by atoms with Crippen molar-refractivity contribution in [3.8, 4) is 0 Å². The molecule has 62 valence electrons. The third-order valence-corrected chi connectivity index (χ3v) is 3.26. The molecule has 3 N–H and O–H groups in total. The van der Waals surface area contributed by atoms with Gasteiger partial charge in [-0.15, -0.1) is 0 Å². The molecule has 1 amide bonds. The van der Waals surface area contributed by atoms with Crippen molar-refractivity contribution in [1.82, 2.24) is 5.43 Å². The van der Waals surface area contributed by atoms with E-state index in [0.717, 1.165) is 12.8 Å². The fourth-order valence-corrected chi connectivity index (χ4v) is 2.06. The Morgan fingerprint density at radius 1 is 1.45 bits per heavy atom. The Balaban J connectivity index is 2.03. The molecule has 0 aromatic heterocycles. The molecule has 3 nitrogen and oxygen atoms in total. The van der Waals surface area contributed by atoms with Crippen LogP contribution in [0.3, 0.4) is 0 Å². The maximum atomic E-state index is 11.3. The summed E-state index contributed by atoms with van der Waals surface area (Å²) in [5.74, 6) is 5.83. The predicted molar refractivity (Wildman–Crippen MR) is 41.3 cm³/mol. The topological polar surface area (TPSA) is 55.1 Å². The van der Waals surface area contributed by atoms with Gasteiger partial charge in [0.2, 0.25) is 5.91 Å². The molecule has 0 heterocycles. The Labute approximate surface area is 66.3 Å². The van der Waals surface area contributed by atoms with Crippen molar-refractivity contribution < 1.29 is 4.79 Å². The summed E-state index contributed by atoms with van der Waals surface area (Å²) in [6.07, 6.45) is 5.87. The lowest BCUT2D eigenvalue weighted by atomic mass is 9.73. The van der Waals surface area contributed by atoms with Gasteiger partial charge in [0.15, 0.2) is 0 Å². The molecule has 0 spiro atoms. The molecule has 0 unspecified atom stereocenters. The van der Waals surface area contributed by atoms with E-state index in [1.165, 1.54) is 19.3 Å². The van der Waals surface area contributed by atoms with Crippen molar-refractivity contribution in [3.05, 3.63) is 0 Å². The number of rotatable bonds is 2. The molecule has 0 aromatic rings. The fourth-order valence-electron chi connectivity index (χ4n) is 2.06. The summed E-state index contributed by atoms with van der Waals surface area (Å²) in [6.45, 7) is 0. The maximum absolute atomic E-state index is 11.3. The van der Waals surface area contributed by atoms with E-state index in [1.807, 2.05) is 0 Å². The molecule has 2 aliphatic carbocycles. The van der Waals surface area contributed by atoms with Crippen LogP contribution in [-0.4, -0.2) is 5.91 Å². The third-order valence-electron chi connectivity index (χ3n) is 3.26. The molecule has 2 aliphatic rings. The number of nitrogens with two attached hydrogens (primary N) is 1. The van der Waals surface area contributed by atoms with Gasteiger partial charge in [0.1, 0.15) is 0 Å². The Morgan fingerprint density at radius 2 is 2.09 bits per heavy atom. The highest BCUT2D eigenvalue weighted by Crippen LogP contribution is 2.58. The number of hydrazine groups is 1. The van der Waals surface area contributed by atoms with Gasteiger partial charge in [-0.05, 0) is 31.6 Å². The zero-order valence-corrected chi connectivity index (χ0v) is 6.60. The molecule has 0 aliphatic heterocycles. The SMILES string of the molecule is NNC(=O)C1(C2CCC2)CC1. The van der Waals surface area contributed by atoms with Gasteiger partial charge in [0.05, 0.1) is 5.41 Å². The average Bonchev–Trinajstić information content (AvgIpc) is 2.64. The van der Waals surface area contributed by atoms with E-state index in [2.05, 4.69) is 5.43 Å². The lowest BCUT2D eigenvalue weighted by molar-refractivity contribution is -0.129. The van der Waals surface area contributed by atoms with Gasteiger partial charge in [-0.2, -0.15) is 0 Å². The van der Waals surface area contributed by atoms with Crippen LogP contribution in [0.1, 0.15) is 32.1 Å². The molecular weight excluding hydrogens is 140 g/mol. The Morgan fingerprint density at radius 3 is 2.36 bits per heavy atom. The van der Waals surface area contributed by atoms with Crippen LogP contribution >= 0.6 is 0 Å². The molecule has 2 rings (SSSR count). The zero-order chi connectivity index (χ0) is 7.90. The van der Waals surface area contributed by atoms with Crippen LogP contribution in [0.2, 0.25) is 0 Å². The maximum Gasteiger partial charge on any atom is 0.240 e. The van der Waals surface area contributed by atoms with Crippen molar-refractivity contribution in [2.75, 3.05) is 0 Å². The largest absolute Gasteiger partial charge is 0.294 e. The summed E-state index contributed by atoms with van der Waals surface area (Å²) in [7, 11) is 0. The minimum atomic E-state index is -0.0208.